The van der Waals surface area contributed by atoms with Crippen LogP contribution < -0.4 is 5.73 Å². The van der Waals surface area contributed by atoms with Crippen molar-refractivity contribution in [2.24, 2.45) is 5.73 Å². The smallest absolute Gasteiger partial charge is 0.0725 e. The molecule has 0 aromatic heterocycles. The minimum absolute atomic E-state index is 0.00655. The highest BCUT2D eigenvalue weighted by atomic mass is 35.5. The lowest BCUT2D eigenvalue weighted by Crippen LogP contribution is -2.13. The van der Waals surface area contributed by atoms with Gasteiger partial charge >= 0.3 is 0 Å². The van der Waals surface area contributed by atoms with Crippen molar-refractivity contribution in [1.29, 1.82) is 0 Å². The molecule has 0 aliphatic carbocycles. The van der Waals surface area contributed by atoms with Crippen LogP contribution in [0.25, 0.3) is 0 Å². The van der Waals surface area contributed by atoms with E-state index in [4.69, 9.17) is 22.1 Å². The second kappa shape index (κ2) is 5.33. The minimum Gasteiger partial charge on any atom is -0.372 e. The largest absolute Gasteiger partial charge is 0.372 e. The van der Waals surface area contributed by atoms with Crippen molar-refractivity contribution in [3.05, 3.63) is 69.7 Å². The van der Waals surface area contributed by atoms with Crippen molar-refractivity contribution in [3.8, 4) is 0 Å². The van der Waals surface area contributed by atoms with Crippen molar-refractivity contribution in [2.45, 2.75) is 25.7 Å². The number of nitrogens with two attached hydrogens (primary N) is 1. The number of hydrogen-bond acceptors (Lipinski definition) is 2. The van der Waals surface area contributed by atoms with Gasteiger partial charge in [0.15, 0.2) is 0 Å². The van der Waals surface area contributed by atoms with Gasteiger partial charge in [0.25, 0.3) is 0 Å². The maximum absolute atomic E-state index is 6.29. The van der Waals surface area contributed by atoms with Crippen LogP contribution in [-0.4, -0.2) is 0 Å². The fourth-order valence-electron chi connectivity index (χ4n) is 2.41. The molecule has 19 heavy (non-hydrogen) atoms. The summed E-state index contributed by atoms with van der Waals surface area (Å²) in [5.41, 5.74) is 11.2. The molecule has 2 nitrogen and oxygen atoms in total. The van der Waals surface area contributed by atoms with E-state index < -0.39 is 0 Å². The number of fused-ring (bicyclic) bond motifs is 1. The molecule has 0 saturated heterocycles. The molecule has 3 rings (SSSR count). The van der Waals surface area contributed by atoms with E-state index in [1.807, 2.05) is 24.3 Å². The van der Waals surface area contributed by atoms with Crippen molar-refractivity contribution < 1.29 is 4.74 Å². The minimum atomic E-state index is 0.00655. The molecule has 2 aromatic carbocycles. The molecule has 1 unspecified atom stereocenters. The molecule has 0 bridgehead atoms. The molecular formula is C16H16ClNO. The first kappa shape index (κ1) is 12.7. The third-order valence-electron chi connectivity index (χ3n) is 3.54. The predicted molar refractivity (Wildman–Crippen MR) is 77.0 cm³/mol. The molecule has 2 aromatic rings. The molecule has 1 heterocycles. The highest BCUT2D eigenvalue weighted by Gasteiger charge is 2.14. The fraction of sp³-hybridized carbons (Fsp3) is 0.250. The van der Waals surface area contributed by atoms with Crippen LogP contribution in [0.2, 0.25) is 5.02 Å². The highest BCUT2D eigenvalue weighted by molar-refractivity contribution is 6.30. The van der Waals surface area contributed by atoms with Gasteiger partial charge in [0.1, 0.15) is 0 Å². The van der Waals surface area contributed by atoms with Crippen LogP contribution in [0.3, 0.4) is 0 Å². The molecule has 2 N–H and O–H groups in total. The van der Waals surface area contributed by atoms with Crippen LogP contribution in [0.5, 0.6) is 0 Å². The van der Waals surface area contributed by atoms with Gasteiger partial charge in [-0.25, -0.2) is 0 Å². The molecule has 0 fully saturated rings. The summed E-state index contributed by atoms with van der Waals surface area (Å²) in [6, 6.07) is 14.3. The predicted octanol–water partition coefficient (Wildman–Crippen LogP) is 3.61. The summed E-state index contributed by atoms with van der Waals surface area (Å²) in [6.07, 6.45) is 0.816. The second-order valence-corrected chi connectivity index (χ2v) is 5.39. The number of halogens is 1. The standard InChI is InChI=1S/C16H16ClNO/c17-15-5-1-11(2-6-15)7-16(18)12-3-4-13-9-19-10-14(13)8-12/h1-6,8,16H,7,9-10,18H2. The van der Waals surface area contributed by atoms with Crippen LogP contribution in [-0.2, 0) is 24.4 Å². The van der Waals surface area contributed by atoms with Crippen molar-refractivity contribution >= 4 is 11.6 Å². The summed E-state index contributed by atoms with van der Waals surface area (Å²) in [5.74, 6) is 0. The van der Waals surface area contributed by atoms with E-state index in [0.29, 0.717) is 6.61 Å². The number of ether oxygens (including phenoxy) is 1. The summed E-state index contributed by atoms with van der Waals surface area (Å²) < 4.78 is 5.43. The Bertz CT molecular complexity index is 580. The lowest BCUT2D eigenvalue weighted by atomic mass is 9.97. The van der Waals surface area contributed by atoms with E-state index in [2.05, 4.69) is 18.2 Å². The Kier molecular flexibility index (Phi) is 3.56. The molecule has 1 aliphatic rings. The summed E-state index contributed by atoms with van der Waals surface area (Å²) in [5, 5.41) is 0.756. The average molecular weight is 274 g/mol. The molecule has 98 valence electrons. The average Bonchev–Trinajstić information content (AvgIpc) is 2.88. The molecule has 0 spiro atoms. The molecule has 0 radical (unpaired) electrons. The Morgan fingerprint density at radius 2 is 1.79 bits per heavy atom. The Morgan fingerprint density at radius 1 is 1.05 bits per heavy atom. The van der Waals surface area contributed by atoms with Gasteiger partial charge in [-0.15, -0.1) is 0 Å². The SMILES string of the molecule is NC(Cc1ccc(Cl)cc1)c1ccc2c(c1)COC2. The van der Waals surface area contributed by atoms with Crippen LogP contribution >= 0.6 is 11.6 Å². The van der Waals surface area contributed by atoms with E-state index >= 15 is 0 Å². The van der Waals surface area contributed by atoms with Gasteiger partial charge in [-0.05, 0) is 40.8 Å². The van der Waals surface area contributed by atoms with E-state index in [0.717, 1.165) is 18.1 Å². The van der Waals surface area contributed by atoms with Gasteiger partial charge in [-0.1, -0.05) is 41.9 Å². The fourth-order valence-corrected chi connectivity index (χ4v) is 2.54. The van der Waals surface area contributed by atoms with Crippen LogP contribution in [0, 0.1) is 0 Å². The van der Waals surface area contributed by atoms with E-state index in [1.54, 1.807) is 0 Å². The normalized spacial score (nSPS) is 15.3. The lowest BCUT2D eigenvalue weighted by Gasteiger charge is -2.13. The Balaban J connectivity index is 1.76. The summed E-state index contributed by atoms with van der Waals surface area (Å²) in [4.78, 5) is 0. The monoisotopic (exact) mass is 273 g/mol. The zero-order valence-corrected chi connectivity index (χ0v) is 11.4. The maximum atomic E-state index is 6.29. The first-order valence-corrected chi connectivity index (χ1v) is 6.79. The molecule has 0 saturated carbocycles. The van der Waals surface area contributed by atoms with Gasteiger partial charge < -0.3 is 10.5 Å². The van der Waals surface area contributed by atoms with Gasteiger partial charge in [0.2, 0.25) is 0 Å². The quantitative estimate of drug-likeness (QED) is 0.927. The van der Waals surface area contributed by atoms with Crippen molar-refractivity contribution in [2.75, 3.05) is 0 Å². The molecule has 3 heteroatoms. The summed E-state index contributed by atoms with van der Waals surface area (Å²) in [6.45, 7) is 1.43. The summed E-state index contributed by atoms with van der Waals surface area (Å²) in [7, 11) is 0. The topological polar surface area (TPSA) is 35.2 Å². The lowest BCUT2D eigenvalue weighted by molar-refractivity contribution is 0.134. The van der Waals surface area contributed by atoms with Crippen LogP contribution in [0.4, 0.5) is 0 Å². The zero-order chi connectivity index (χ0) is 13.2. The van der Waals surface area contributed by atoms with E-state index in [-0.39, 0.29) is 6.04 Å². The van der Waals surface area contributed by atoms with Gasteiger partial charge in [-0.3, -0.25) is 0 Å². The second-order valence-electron chi connectivity index (χ2n) is 4.96. The van der Waals surface area contributed by atoms with Gasteiger partial charge in [0.05, 0.1) is 13.2 Å². The zero-order valence-electron chi connectivity index (χ0n) is 10.6. The van der Waals surface area contributed by atoms with Crippen molar-refractivity contribution in [1.82, 2.24) is 0 Å². The van der Waals surface area contributed by atoms with Gasteiger partial charge in [-0.2, -0.15) is 0 Å². The number of hydrogen-bond donors (Lipinski definition) is 1. The van der Waals surface area contributed by atoms with E-state index in [9.17, 15) is 0 Å². The molecular weight excluding hydrogens is 258 g/mol. The maximum Gasteiger partial charge on any atom is 0.0725 e. The molecule has 0 amide bonds. The molecule has 1 aliphatic heterocycles. The Hall–Kier alpha value is -1.35. The third kappa shape index (κ3) is 2.81. The third-order valence-corrected chi connectivity index (χ3v) is 3.79. The van der Waals surface area contributed by atoms with Crippen molar-refractivity contribution in [3.63, 3.8) is 0 Å². The number of benzene rings is 2. The molecule has 1 atom stereocenters. The Labute approximate surface area is 118 Å². The first-order valence-electron chi connectivity index (χ1n) is 6.42. The van der Waals surface area contributed by atoms with Crippen LogP contribution in [0.15, 0.2) is 42.5 Å². The first-order chi connectivity index (χ1) is 9.22. The van der Waals surface area contributed by atoms with Gasteiger partial charge in [0, 0.05) is 11.1 Å². The number of rotatable bonds is 3. The van der Waals surface area contributed by atoms with Crippen LogP contribution in [0.1, 0.15) is 28.3 Å². The Morgan fingerprint density at radius 3 is 2.58 bits per heavy atom. The highest BCUT2D eigenvalue weighted by Crippen LogP contribution is 2.25. The van der Waals surface area contributed by atoms with E-state index in [1.165, 1.54) is 22.3 Å². The summed E-state index contributed by atoms with van der Waals surface area (Å²) >= 11 is 5.88.